The molecule has 6 nitrogen and oxygen atoms in total. The highest BCUT2D eigenvalue weighted by Gasteiger charge is 2.40. The van der Waals surface area contributed by atoms with Gasteiger partial charge in [0, 0.05) is 11.1 Å². The van der Waals surface area contributed by atoms with E-state index in [1.54, 1.807) is 24.3 Å². The molecule has 0 aromatic heterocycles. The Labute approximate surface area is 238 Å². The number of esters is 1. The topological polar surface area (TPSA) is 84.8 Å². The summed E-state index contributed by atoms with van der Waals surface area (Å²) < 4.78 is 36.3. The predicted molar refractivity (Wildman–Crippen MR) is 160 cm³/mol. The molecule has 212 valence electrons. The van der Waals surface area contributed by atoms with Gasteiger partial charge in [-0.2, -0.15) is 0 Å². The molecule has 0 unspecified atom stereocenters. The van der Waals surface area contributed by atoms with Crippen molar-refractivity contribution in [3.63, 3.8) is 0 Å². The summed E-state index contributed by atoms with van der Waals surface area (Å²) in [5, 5.41) is 0. The molecule has 0 amide bonds. The number of nitrogens with one attached hydrogen (secondary N) is 1. The number of carbonyl (C=O) groups excluding carboxylic acids is 1. The van der Waals surface area contributed by atoms with Crippen molar-refractivity contribution in [2.75, 3.05) is 0 Å². The maximum atomic E-state index is 13.9. The molecule has 4 rings (SSSR count). The SMILES string of the molecule is Cc1ccc(S(=O)(=O)N[C@H](C2CCCCC2)[C@H](N=C(c2ccccc2)c2ccccc2)C(=O)OC(C)(C)C)cc1. The molecule has 0 heterocycles. The van der Waals surface area contributed by atoms with E-state index in [1.165, 1.54) is 0 Å². The van der Waals surface area contributed by atoms with Gasteiger partial charge in [0.25, 0.3) is 0 Å². The van der Waals surface area contributed by atoms with Gasteiger partial charge in [0.2, 0.25) is 10.0 Å². The maximum absolute atomic E-state index is 13.9. The van der Waals surface area contributed by atoms with Crippen LogP contribution in [0.2, 0.25) is 0 Å². The summed E-state index contributed by atoms with van der Waals surface area (Å²) >= 11 is 0. The van der Waals surface area contributed by atoms with Crippen molar-refractivity contribution in [2.24, 2.45) is 10.9 Å². The molecule has 0 bridgehead atoms. The predicted octanol–water partition coefficient (Wildman–Crippen LogP) is 6.47. The minimum absolute atomic E-state index is 0.0666. The van der Waals surface area contributed by atoms with E-state index in [2.05, 4.69) is 4.72 Å². The van der Waals surface area contributed by atoms with Crippen LogP contribution >= 0.6 is 0 Å². The van der Waals surface area contributed by atoms with E-state index in [-0.39, 0.29) is 10.8 Å². The summed E-state index contributed by atoms with van der Waals surface area (Å²) in [6.07, 6.45) is 4.65. The van der Waals surface area contributed by atoms with Gasteiger partial charge in [-0.15, -0.1) is 0 Å². The van der Waals surface area contributed by atoms with E-state index in [0.29, 0.717) is 5.71 Å². The molecule has 7 heteroatoms. The van der Waals surface area contributed by atoms with Crippen LogP contribution in [-0.2, 0) is 19.6 Å². The molecule has 2 atom stereocenters. The smallest absolute Gasteiger partial charge is 0.333 e. The Morgan fingerprint density at radius 2 is 1.38 bits per heavy atom. The summed E-state index contributed by atoms with van der Waals surface area (Å²) in [4.78, 5) is 19.2. The van der Waals surface area contributed by atoms with Crippen LogP contribution in [0.3, 0.4) is 0 Å². The lowest BCUT2D eigenvalue weighted by atomic mass is 9.81. The van der Waals surface area contributed by atoms with Crippen molar-refractivity contribution in [3.05, 3.63) is 102 Å². The van der Waals surface area contributed by atoms with E-state index in [4.69, 9.17) is 9.73 Å². The molecule has 0 aliphatic heterocycles. The van der Waals surface area contributed by atoms with E-state index < -0.39 is 33.7 Å². The van der Waals surface area contributed by atoms with Crippen LogP contribution in [0, 0.1) is 12.8 Å². The first-order chi connectivity index (χ1) is 19.0. The van der Waals surface area contributed by atoms with E-state index >= 15 is 0 Å². The van der Waals surface area contributed by atoms with Gasteiger partial charge in [0.05, 0.1) is 16.6 Å². The van der Waals surface area contributed by atoms with Crippen molar-refractivity contribution in [1.29, 1.82) is 0 Å². The lowest BCUT2D eigenvalue weighted by molar-refractivity contribution is -0.157. The number of hydrogen-bond donors (Lipinski definition) is 1. The van der Waals surface area contributed by atoms with E-state index in [1.807, 2.05) is 88.4 Å². The van der Waals surface area contributed by atoms with Gasteiger partial charge >= 0.3 is 5.97 Å². The molecular formula is C33H40N2O4S. The molecule has 0 radical (unpaired) electrons. The Morgan fingerprint density at radius 1 is 0.850 bits per heavy atom. The second kappa shape index (κ2) is 12.9. The number of rotatable bonds is 9. The van der Waals surface area contributed by atoms with Crippen molar-refractivity contribution in [1.82, 2.24) is 4.72 Å². The molecule has 0 saturated heterocycles. The Bertz CT molecular complexity index is 1350. The largest absolute Gasteiger partial charge is 0.458 e. The number of ether oxygens (including phenoxy) is 1. The van der Waals surface area contributed by atoms with Gasteiger partial charge in [-0.3, -0.25) is 4.99 Å². The highest BCUT2D eigenvalue weighted by atomic mass is 32.2. The fourth-order valence-corrected chi connectivity index (χ4v) is 6.48. The van der Waals surface area contributed by atoms with Gasteiger partial charge in [-0.1, -0.05) is 97.6 Å². The fraction of sp³-hybridized carbons (Fsp3) is 0.394. The summed E-state index contributed by atoms with van der Waals surface area (Å²) in [5.41, 5.74) is 2.50. The Morgan fingerprint density at radius 3 is 1.88 bits per heavy atom. The maximum Gasteiger partial charge on any atom is 0.333 e. The quantitative estimate of drug-likeness (QED) is 0.240. The van der Waals surface area contributed by atoms with Gasteiger partial charge in [0.15, 0.2) is 6.04 Å². The lowest BCUT2D eigenvalue weighted by Gasteiger charge is -2.35. The van der Waals surface area contributed by atoms with Crippen molar-refractivity contribution < 1.29 is 17.9 Å². The van der Waals surface area contributed by atoms with Crippen molar-refractivity contribution in [3.8, 4) is 0 Å². The van der Waals surface area contributed by atoms with Crippen LogP contribution in [0.5, 0.6) is 0 Å². The van der Waals surface area contributed by atoms with Crippen LogP contribution in [0.1, 0.15) is 69.6 Å². The number of nitrogens with zero attached hydrogens (tertiary/aromatic N) is 1. The number of hydrogen-bond acceptors (Lipinski definition) is 5. The molecule has 1 N–H and O–H groups in total. The first-order valence-electron chi connectivity index (χ1n) is 14.0. The Balaban J connectivity index is 1.87. The molecule has 1 aliphatic carbocycles. The van der Waals surface area contributed by atoms with Gasteiger partial charge in [-0.25, -0.2) is 17.9 Å². The average Bonchev–Trinajstić information content (AvgIpc) is 2.93. The summed E-state index contributed by atoms with van der Waals surface area (Å²) in [5.74, 6) is -0.609. The monoisotopic (exact) mass is 560 g/mol. The van der Waals surface area contributed by atoms with Crippen molar-refractivity contribution >= 4 is 21.7 Å². The van der Waals surface area contributed by atoms with Crippen molar-refractivity contribution in [2.45, 2.75) is 82.4 Å². The minimum Gasteiger partial charge on any atom is -0.458 e. The molecule has 3 aromatic carbocycles. The molecule has 1 fully saturated rings. The highest BCUT2D eigenvalue weighted by molar-refractivity contribution is 7.89. The Kier molecular flexibility index (Phi) is 9.59. The summed E-state index contributed by atoms with van der Waals surface area (Å²) in [6.45, 7) is 7.35. The first-order valence-corrected chi connectivity index (χ1v) is 15.5. The normalized spacial score (nSPS) is 16.1. The number of aryl methyl sites for hydroxylation is 1. The third-order valence-electron chi connectivity index (χ3n) is 7.13. The van der Waals surface area contributed by atoms with Crippen LogP contribution in [-0.4, -0.2) is 37.8 Å². The number of aliphatic imine (C=N–C) groups is 1. The van der Waals surface area contributed by atoms with Gasteiger partial charge in [0.1, 0.15) is 5.60 Å². The lowest BCUT2D eigenvalue weighted by Crippen LogP contribution is -2.52. The standard InChI is InChI=1S/C33H40N2O4S/c1-24-20-22-28(23-21-24)40(37,38)35-30(27-18-12-7-13-19-27)31(32(36)39-33(2,3)4)34-29(25-14-8-5-9-15-25)26-16-10-6-11-17-26/h5-6,8-11,14-17,20-23,27,30-31,35H,7,12-13,18-19H2,1-4H3/t30-,31+/m1/s1. The molecule has 1 saturated carbocycles. The third kappa shape index (κ3) is 7.89. The summed E-state index contributed by atoms with van der Waals surface area (Å²) in [7, 11) is -3.94. The number of benzene rings is 3. The minimum atomic E-state index is -3.94. The van der Waals surface area contributed by atoms with Gasteiger partial charge < -0.3 is 4.74 Å². The van der Waals surface area contributed by atoms with E-state index in [9.17, 15) is 13.2 Å². The van der Waals surface area contributed by atoms with Crippen LogP contribution < -0.4 is 4.72 Å². The number of carbonyl (C=O) groups is 1. The molecular weight excluding hydrogens is 520 g/mol. The molecule has 1 aliphatic rings. The van der Waals surface area contributed by atoms with Gasteiger partial charge in [-0.05, 0) is 58.6 Å². The second-order valence-electron chi connectivity index (χ2n) is 11.5. The average molecular weight is 561 g/mol. The first kappa shape index (κ1) is 29.7. The van der Waals surface area contributed by atoms with Crippen LogP contribution in [0.15, 0.2) is 94.8 Å². The Hall–Kier alpha value is -3.29. The zero-order valence-electron chi connectivity index (χ0n) is 23.8. The summed E-state index contributed by atoms with van der Waals surface area (Å²) in [6, 6.07) is 24.2. The van der Waals surface area contributed by atoms with Crippen LogP contribution in [0.4, 0.5) is 0 Å². The molecule has 40 heavy (non-hydrogen) atoms. The van der Waals surface area contributed by atoms with Crippen LogP contribution in [0.25, 0.3) is 0 Å². The molecule has 3 aromatic rings. The zero-order valence-corrected chi connectivity index (χ0v) is 24.7. The van der Waals surface area contributed by atoms with E-state index in [0.717, 1.165) is 48.8 Å². The second-order valence-corrected chi connectivity index (χ2v) is 13.3. The number of sulfonamides is 1. The zero-order chi connectivity index (χ0) is 28.8. The molecule has 0 spiro atoms. The highest BCUT2D eigenvalue weighted by Crippen LogP contribution is 2.31. The fourth-order valence-electron chi connectivity index (χ4n) is 5.17. The third-order valence-corrected chi connectivity index (χ3v) is 8.61.